The van der Waals surface area contributed by atoms with Crippen molar-refractivity contribution in [2.24, 2.45) is 0 Å². The molecule has 0 bridgehead atoms. The predicted molar refractivity (Wildman–Crippen MR) is 125 cm³/mol. The first-order valence-electron chi connectivity index (χ1n) is 11.3. The number of aliphatic hydroxyl groups is 1. The average Bonchev–Trinajstić information content (AvgIpc) is 2.88. The highest BCUT2D eigenvalue weighted by Crippen LogP contribution is 2.40. The Bertz CT molecular complexity index is 1150. The minimum absolute atomic E-state index is 0.0124. The zero-order valence-electron chi connectivity index (χ0n) is 19.2. The van der Waals surface area contributed by atoms with E-state index in [0.717, 1.165) is 11.3 Å². The lowest BCUT2D eigenvalue weighted by atomic mass is 9.88. The predicted octanol–water partition coefficient (Wildman–Crippen LogP) is 5.00. The molecule has 0 saturated carbocycles. The molecular formula is C26H26F2N2O5. The molecule has 3 aromatic rings. The van der Waals surface area contributed by atoms with Crippen LogP contribution in [-0.4, -0.2) is 41.9 Å². The maximum absolute atomic E-state index is 13.4. The van der Waals surface area contributed by atoms with Gasteiger partial charge in [0.25, 0.3) is 5.91 Å². The minimum atomic E-state index is -3.25. The molecule has 184 valence electrons. The summed E-state index contributed by atoms with van der Waals surface area (Å²) in [7, 11) is 0. The number of nitrogens with one attached hydrogen (secondary N) is 1. The Hall–Kier alpha value is -3.72. The average molecular weight is 484 g/mol. The van der Waals surface area contributed by atoms with Crippen molar-refractivity contribution in [3.63, 3.8) is 0 Å². The number of pyridine rings is 1. The number of ether oxygens (including phenoxy) is 3. The van der Waals surface area contributed by atoms with Crippen LogP contribution in [0.5, 0.6) is 17.2 Å². The molecule has 0 aliphatic carbocycles. The molecule has 9 heteroatoms. The van der Waals surface area contributed by atoms with E-state index in [4.69, 9.17) is 14.6 Å². The Morgan fingerprint density at radius 3 is 2.63 bits per heavy atom. The zero-order chi connectivity index (χ0) is 24.8. The second-order valence-corrected chi connectivity index (χ2v) is 7.98. The number of carbonyl (C=O) groups excluding carboxylic acids is 1. The van der Waals surface area contributed by atoms with Crippen LogP contribution in [0.2, 0.25) is 0 Å². The molecule has 4 rings (SSSR count). The van der Waals surface area contributed by atoms with Gasteiger partial charge >= 0.3 is 6.11 Å². The van der Waals surface area contributed by atoms with Gasteiger partial charge in [0.05, 0.1) is 25.0 Å². The summed E-state index contributed by atoms with van der Waals surface area (Å²) in [5, 5.41) is 11.7. The van der Waals surface area contributed by atoms with Gasteiger partial charge in [-0.2, -0.15) is 8.78 Å². The molecule has 1 atom stereocenters. The van der Waals surface area contributed by atoms with E-state index in [0.29, 0.717) is 35.8 Å². The van der Waals surface area contributed by atoms with Gasteiger partial charge < -0.3 is 24.6 Å². The SMILES string of the molecule is CCC(F)(F)Oc1ccc(NC(=O)c2cccc3c2OCCC3c2ccc(OCCO)cn2)cc1. The number of benzene rings is 2. The third-order valence-corrected chi connectivity index (χ3v) is 5.59. The first-order valence-corrected chi connectivity index (χ1v) is 11.3. The number of aromatic nitrogens is 1. The van der Waals surface area contributed by atoms with Gasteiger partial charge in [-0.25, -0.2) is 0 Å². The van der Waals surface area contributed by atoms with Gasteiger partial charge in [0, 0.05) is 29.3 Å². The lowest BCUT2D eigenvalue weighted by Crippen LogP contribution is -2.23. The first kappa shape index (κ1) is 24.4. The quantitative estimate of drug-likeness (QED) is 0.444. The van der Waals surface area contributed by atoms with Crippen LogP contribution < -0.4 is 19.5 Å². The number of aliphatic hydroxyl groups excluding tert-OH is 1. The van der Waals surface area contributed by atoms with E-state index in [9.17, 15) is 13.6 Å². The third-order valence-electron chi connectivity index (χ3n) is 5.59. The topological polar surface area (TPSA) is 89.9 Å². The first-order chi connectivity index (χ1) is 16.9. The number of amides is 1. The Balaban J connectivity index is 1.50. The molecule has 1 aliphatic rings. The highest BCUT2D eigenvalue weighted by molar-refractivity contribution is 6.06. The van der Waals surface area contributed by atoms with Gasteiger partial charge in [0.1, 0.15) is 23.9 Å². The Kier molecular flexibility index (Phi) is 7.45. The van der Waals surface area contributed by atoms with E-state index in [-0.39, 0.29) is 30.8 Å². The molecule has 35 heavy (non-hydrogen) atoms. The zero-order valence-corrected chi connectivity index (χ0v) is 19.2. The summed E-state index contributed by atoms with van der Waals surface area (Å²) < 4.78 is 42.8. The van der Waals surface area contributed by atoms with Gasteiger partial charge in [0.2, 0.25) is 0 Å². The Labute approximate surface area is 201 Å². The van der Waals surface area contributed by atoms with Crippen molar-refractivity contribution in [2.45, 2.75) is 31.8 Å². The molecule has 2 aromatic carbocycles. The molecule has 2 heterocycles. The number of anilines is 1. The molecule has 2 N–H and O–H groups in total. The molecular weight excluding hydrogens is 458 g/mol. The molecule has 0 spiro atoms. The summed E-state index contributed by atoms with van der Waals surface area (Å²) in [6.07, 6.45) is -1.38. The Morgan fingerprint density at radius 1 is 1.17 bits per heavy atom. The van der Waals surface area contributed by atoms with Crippen LogP contribution in [0.25, 0.3) is 0 Å². The van der Waals surface area contributed by atoms with Crippen LogP contribution in [0.1, 0.15) is 47.3 Å². The summed E-state index contributed by atoms with van der Waals surface area (Å²) in [5.41, 5.74) is 2.48. The number of halogens is 2. The van der Waals surface area contributed by atoms with Gasteiger partial charge in [-0.3, -0.25) is 9.78 Å². The number of rotatable bonds is 9. The standard InChI is InChI=1S/C26H26F2N2O5/c1-2-26(27,28)35-18-8-6-17(7-9-18)30-25(32)22-5-3-4-21-20(12-14-34-24(21)22)23-11-10-19(16-29-23)33-15-13-31/h3-11,16,20,31H,2,12-15H2,1H3,(H,30,32). The van der Waals surface area contributed by atoms with Crippen molar-refractivity contribution < 1.29 is 32.9 Å². The summed E-state index contributed by atoms with van der Waals surface area (Å²) in [6, 6.07) is 14.8. The van der Waals surface area contributed by atoms with Crippen molar-refractivity contribution in [2.75, 3.05) is 25.1 Å². The van der Waals surface area contributed by atoms with E-state index >= 15 is 0 Å². The van der Waals surface area contributed by atoms with E-state index in [1.807, 2.05) is 12.1 Å². The number of carbonyl (C=O) groups is 1. The fourth-order valence-corrected chi connectivity index (χ4v) is 3.81. The van der Waals surface area contributed by atoms with Crippen LogP contribution in [0.3, 0.4) is 0 Å². The van der Waals surface area contributed by atoms with Crippen LogP contribution in [-0.2, 0) is 0 Å². The molecule has 0 saturated heterocycles. The minimum Gasteiger partial charge on any atom is -0.492 e. The number of alkyl halides is 2. The summed E-state index contributed by atoms with van der Waals surface area (Å²) >= 11 is 0. The van der Waals surface area contributed by atoms with E-state index in [2.05, 4.69) is 15.0 Å². The van der Waals surface area contributed by atoms with Gasteiger partial charge in [0.15, 0.2) is 0 Å². The fraction of sp³-hybridized carbons (Fsp3) is 0.308. The highest BCUT2D eigenvalue weighted by Gasteiger charge is 2.29. The van der Waals surface area contributed by atoms with Gasteiger partial charge in [-0.15, -0.1) is 0 Å². The molecule has 0 radical (unpaired) electrons. The van der Waals surface area contributed by atoms with E-state index in [1.54, 1.807) is 24.4 Å². The van der Waals surface area contributed by atoms with Crippen LogP contribution in [0, 0.1) is 0 Å². The largest absolute Gasteiger partial charge is 0.492 e. The highest BCUT2D eigenvalue weighted by atomic mass is 19.3. The molecule has 1 aliphatic heterocycles. The van der Waals surface area contributed by atoms with Crippen molar-refractivity contribution in [1.29, 1.82) is 0 Å². The maximum Gasteiger partial charge on any atom is 0.397 e. The second-order valence-electron chi connectivity index (χ2n) is 7.98. The van der Waals surface area contributed by atoms with Crippen molar-refractivity contribution in [3.8, 4) is 17.2 Å². The molecule has 1 unspecified atom stereocenters. The number of nitrogens with zero attached hydrogens (tertiary/aromatic N) is 1. The maximum atomic E-state index is 13.4. The smallest absolute Gasteiger partial charge is 0.397 e. The van der Waals surface area contributed by atoms with Crippen LogP contribution in [0.15, 0.2) is 60.8 Å². The molecule has 7 nitrogen and oxygen atoms in total. The van der Waals surface area contributed by atoms with E-state index < -0.39 is 12.5 Å². The monoisotopic (exact) mass is 484 g/mol. The lowest BCUT2D eigenvalue weighted by molar-refractivity contribution is -0.177. The third kappa shape index (κ3) is 5.86. The molecule has 1 amide bonds. The number of para-hydroxylation sites is 1. The van der Waals surface area contributed by atoms with Crippen molar-refractivity contribution in [1.82, 2.24) is 4.98 Å². The normalized spacial score (nSPS) is 15.0. The van der Waals surface area contributed by atoms with Gasteiger partial charge in [-0.05, 0) is 48.9 Å². The van der Waals surface area contributed by atoms with E-state index in [1.165, 1.54) is 31.2 Å². The second kappa shape index (κ2) is 10.7. The number of hydrogen-bond donors (Lipinski definition) is 2. The van der Waals surface area contributed by atoms with Crippen LogP contribution in [0.4, 0.5) is 14.5 Å². The summed E-state index contributed by atoms with van der Waals surface area (Å²) in [4.78, 5) is 17.5. The van der Waals surface area contributed by atoms with Crippen molar-refractivity contribution in [3.05, 3.63) is 77.6 Å². The number of fused-ring (bicyclic) bond motifs is 1. The van der Waals surface area contributed by atoms with Crippen LogP contribution >= 0.6 is 0 Å². The Morgan fingerprint density at radius 2 is 1.94 bits per heavy atom. The fourth-order valence-electron chi connectivity index (χ4n) is 3.81. The lowest BCUT2D eigenvalue weighted by Gasteiger charge is -2.27. The van der Waals surface area contributed by atoms with Gasteiger partial charge in [-0.1, -0.05) is 19.1 Å². The number of hydrogen-bond acceptors (Lipinski definition) is 6. The summed E-state index contributed by atoms with van der Waals surface area (Å²) in [6.45, 7) is 1.87. The molecule has 0 fully saturated rings. The van der Waals surface area contributed by atoms with Crippen molar-refractivity contribution >= 4 is 11.6 Å². The summed E-state index contributed by atoms with van der Waals surface area (Å²) in [5.74, 6) is 0.633. The molecule has 1 aromatic heterocycles.